The number of methoxy groups -OCH3 is 2. The van der Waals surface area contributed by atoms with Crippen LogP contribution in [0, 0.1) is 0 Å². The highest BCUT2D eigenvalue weighted by molar-refractivity contribution is 5.90. The van der Waals surface area contributed by atoms with Crippen molar-refractivity contribution >= 4 is 35.6 Å². The van der Waals surface area contributed by atoms with Crippen LogP contribution in [-0.2, 0) is 54.3 Å². The number of nitrogens with two attached hydrogens (primary N) is 1. The van der Waals surface area contributed by atoms with E-state index in [1.807, 2.05) is 0 Å². The van der Waals surface area contributed by atoms with Gasteiger partial charge < -0.3 is 40.6 Å². The molecule has 216 valence electrons. The number of ether oxygens (including phenoxy) is 4. The fraction of sp³-hybridized carbons (Fsp3) is 0.520. The largest absolute Gasteiger partial charge is 0.468 e. The first kappa shape index (κ1) is 33.0. The van der Waals surface area contributed by atoms with E-state index in [4.69, 9.17) is 15.2 Å². The number of hydrogen-bond donors (Lipinski definition) is 4. The molecule has 14 heteroatoms. The summed E-state index contributed by atoms with van der Waals surface area (Å²) < 4.78 is 19.7. The van der Waals surface area contributed by atoms with E-state index in [2.05, 4.69) is 25.4 Å². The number of carbonyl (C=O) groups excluding carboxylic acids is 6. The zero-order valence-corrected chi connectivity index (χ0v) is 22.4. The van der Waals surface area contributed by atoms with Crippen LogP contribution in [0.5, 0.6) is 0 Å². The minimum Gasteiger partial charge on any atom is -0.468 e. The predicted octanol–water partition coefficient (Wildman–Crippen LogP) is -1.31. The van der Waals surface area contributed by atoms with Crippen molar-refractivity contribution < 1.29 is 47.7 Å². The average molecular weight is 553 g/mol. The third-order valence-corrected chi connectivity index (χ3v) is 5.20. The molecule has 0 aliphatic heterocycles. The number of nitrogens with one attached hydrogen (secondary N) is 3. The lowest BCUT2D eigenvalue weighted by atomic mass is 10.1. The number of rotatable bonds is 16. The lowest BCUT2D eigenvalue weighted by molar-refractivity contribution is -0.150. The highest BCUT2D eigenvalue weighted by Gasteiger charge is 2.28. The standard InChI is InChI=1S/C25H36N4O10/c1-15(27-16(2)30)22(32)29-19(25(35)39-12-17-8-6-5-7-9-17)10-11-21(31)28-20(24(34)37-4)14-38-13-18(26)23(33)36-3/h5-9,15,18-20H,10-14,26H2,1-4H3,(H,27,30)(H,28,31)(H,29,32)/t15-,18+,19+,20-/m0/s1. The lowest BCUT2D eigenvalue weighted by Gasteiger charge is -2.21. The van der Waals surface area contributed by atoms with E-state index < -0.39 is 59.8 Å². The number of benzene rings is 1. The molecule has 1 aromatic carbocycles. The Labute approximate surface area is 226 Å². The van der Waals surface area contributed by atoms with Crippen LogP contribution in [0.15, 0.2) is 30.3 Å². The third-order valence-electron chi connectivity index (χ3n) is 5.20. The fourth-order valence-electron chi connectivity index (χ4n) is 3.13. The van der Waals surface area contributed by atoms with Crippen LogP contribution in [0.4, 0.5) is 0 Å². The summed E-state index contributed by atoms with van der Waals surface area (Å²) in [5, 5.41) is 7.31. The molecule has 1 rings (SSSR count). The van der Waals surface area contributed by atoms with E-state index in [0.717, 1.165) is 14.2 Å². The Morgan fingerprint density at radius 2 is 1.49 bits per heavy atom. The van der Waals surface area contributed by atoms with E-state index in [-0.39, 0.29) is 32.7 Å². The average Bonchev–Trinajstić information content (AvgIpc) is 2.92. The zero-order valence-electron chi connectivity index (χ0n) is 22.4. The maximum absolute atomic E-state index is 12.8. The molecule has 39 heavy (non-hydrogen) atoms. The monoisotopic (exact) mass is 552 g/mol. The van der Waals surface area contributed by atoms with Crippen LogP contribution in [0.2, 0.25) is 0 Å². The van der Waals surface area contributed by atoms with Gasteiger partial charge in [-0.2, -0.15) is 0 Å². The summed E-state index contributed by atoms with van der Waals surface area (Å²) in [5.74, 6) is -4.07. The SMILES string of the molecule is COC(=O)[C@H](N)COC[C@H](NC(=O)CC[C@@H](NC(=O)[C@H](C)NC(C)=O)C(=O)OCc1ccccc1)C(=O)OC. The van der Waals surface area contributed by atoms with Gasteiger partial charge in [-0.1, -0.05) is 30.3 Å². The second kappa shape index (κ2) is 17.5. The van der Waals surface area contributed by atoms with Crippen molar-refractivity contribution in [2.24, 2.45) is 5.73 Å². The first-order valence-electron chi connectivity index (χ1n) is 12.0. The molecule has 4 atom stereocenters. The summed E-state index contributed by atoms with van der Waals surface area (Å²) in [4.78, 5) is 72.6. The number of hydrogen-bond acceptors (Lipinski definition) is 11. The summed E-state index contributed by atoms with van der Waals surface area (Å²) in [6, 6.07) is 4.35. The molecule has 0 heterocycles. The molecule has 0 aliphatic carbocycles. The van der Waals surface area contributed by atoms with E-state index in [0.29, 0.717) is 5.56 Å². The highest BCUT2D eigenvalue weighted by atomic mass is 16.5. The van der Waals surface area contributed by atoms with Gasteiger partial charge in [-0.3, -0.25) is 19.2 Å². The normalized spacial score (nSPS) is 13.6. The van der Waals surface area contributed by atoms with Gasteiger partial charge >= 0.3 is 17.9 Å². The summed E-state index contributed by atoms with van der Waals surface area (Å²) in [6.07, 6.45) is -0.477. The molecule has 1 aromatic rings. The molecule has 0 saturated heterocycles. The maximum atomic E-state index is 12.8. The molecule has 0 aromatic heterocycles. The molecular weight excluding hydrogens is 516 g/mol. The molecule has 0 unspecified atom stereocenters. The molecule has 0 bridgehead atoms. The minimum absolute atomic E-state index is 0.0606. The van der Waals surface area contributed by atoms with E-state index >= 15 is 0 Å². The molecule has 14 nitrogen and oxygen atoms in total. The van der Waals surface area contributed by atoms with E-state index in [9.17, 15) is 28.8 Å². The van der Waals surface area contributed by atoms with Gasteiger partial charge in [0, 0.05) is 13.3 Å². The van der Waals surface area contributed by atoms with Crippen molar-refractivity contribution in [2.75, 3.05) is 27.4 Å². The Hall–Kier alpha value is -4.04. The molecule has 0 fully saturated rings. The Morgan fingerprint density at radius 1 is 0.846 bits per heavy atom. The number of esters is 3. The minimum atomic E-state index is -1.23. The van der Waals surface area contributed by atoms with Crippen molar-refractivity contribution in [1.29, 1.82) is 0 Å². The van der Waals surface area contributed by atoms with Crippen molar-refractivity contribution in [3.05, 3.63) is 35.9 Å². The lowest BCUT2D eigenvalue weighted by Crippen LogP contribution is -2.51. The van der Waals surface area contributed by atoms with Crippen LogP contribution >= 0.6 is 0 Å². The third kappa shape index (κ3) is 12.8. The molecule has 0 aliphatic rings. The summed E-state index contributed by atoms with van der Waals surface area (Å²) >= 11 is 0. The van der Waals surface area contributed by atoms with E-state index in [1.54, 1.807) is 30.3 Å². The van der Waals surface area contributed by atoms with Gasteiger partial charge in [0.2, 0.25) is 17.7 Å². The van der Waals surface area contributed by atoms with E-state index in [1.165, 1.54) is 13.8 Å². The fourth-order valence-corrected chi connectivity index (χ4v) is 3.13. The number of amides is 3. The summed E-state index contributed by atoms with van der Waals surface area (Å²) in [7, 11) is 2.28. The topological polar surface area (TPSA) is 201 Å². The zero-order chi connectivity index (χ0) is 29.4. The Morgan fingerprint density at radius 3 is 2.08 bits per heavy atom. The Bertz CT molecular complexity index is 988. The summed E-state index contributed by atoms with van der Waals surface area (Å²) in [6.45, 7) is 1.99. The van der Waals surface area contributed by atoms with Gasteiger partial charge in [0.15, 0.2) is 6.04 Å². The van der Waals surface area contributed by atoms with Crippen molar-refractivity contribution in [1.82, 2.24) is 16.0 Å². The second-order valence-corrected chi connectivity index (χ2v) is 8.43. The van der Waals surface area contributed by atoms with Gasteiger partial charge in [0.05, 0.1) is 27.4 Å². The van der Waals surface area contributed by atoms with Crippen LogP contribution in [0.3, 0.4) is 0 Å². The smallest absolute Gasteiger partial charge is 0.330 e. The van der Waals surface area contributed by atoms with Crippen molar-refractivity contribution in [3.63, 3.8) is 0 Å². The number of carbonyl (C=O) groups is 6. The molecule has 0 saturated carbocycles. The molecule has 5 N–H and O–H groups in total. The van der Waals surface area contributed by atoms with Crippen molar-refractivity contribution in [3.8, 4) is 0 Å². The Kier molecular flexibility index (Phi) is 14.8. The van der Waals surface area contributed by atoms with Gasteiger partial charge in [-0.15, -0.1) is 0 Å². The van der Waals surface area contributed by atoms with Gasteiger partial charge in [0.25, 0.3) is 0 Å². The highest BCUT2D eigenvalue weighted by Crippen LogP contribution is 2.07. The molecular formula is C25H36N4O10. The quantitative estimate of drug-likeness (QED) is 0.140. The van der Waals surface area contributed by atoms with Gasteiger partial charge in [-0.25, -0.2) is 9.59 Å². The van der Waals surface area contributed by atoms with Crippen LogP contribution in [0.1, 0.15) is 32.3 Å². The van der Waals surface area contributed by atoms with Crippen LogP contribution in [-0.4, -0.2) is 87.2 Å². The van der Waals surface area contributed by atoms with Crippen LogP contribution in [0.25, 0.3) is 0 Å². The molecule has 0 spiro atoms. The second-order valence-electron chi connectivity index (χ2n) is 8.43. The maximum Gasteiger partial charge on any atom is 0.330 e. The Balaban J connectivity index is 2.80. The van der Waals surface area contributed by atoms with Crippen LogP contribution < -0.4 is 21.7 Å². The molecule has 3 amide bonds. The van der Waals surface area contributed by atoms with Crippen molar-refractivity contribution in [2.45, 2.75) is 57.5 Å². The first-order chi connectivity index (χ1) is 18.5. The first-order valence-corrected chi connectivity index (χ1v) is 12.0. The van der Waals surface area contributed by atoms with Gasteiger partial charge in [0.1, 0.15) is 24.7 Å². The predicted molar refractivity (Wildman–Crippen MR) is 135 cm³/mol. The van der Waals surface area contributed by atoms with Gasteiger partial charge in [-0.05, 0) is 18.9 Å². The summed E-state index contributed by atoms with van der Waals surface area (Å²) in [5.41, 5.74) is 6.29. The molecule has 0 radical (unpaired) electrons.